The van der Waals surface area contributed by atoms with Crippen molar-refractivity contribution in [2.45, 2.75) is 6.42 Å². The quantitative estimate of drug-likeness (QED) is 0.450. The molecular weight excluding hydrogens is 492 g/mol. The van der Waals surface area contributed by atoms with Gasteiger partial charge in [-0.15, -0.1) is 10.2 Å². The largest absolute Gasteiger partial charge is 0.495 e. The highest BCUT2D eigenvalue weighted by Crippen LogP contribution is 2.33. The van der Waals surface area contributed by atoms with Gasteiger partial charge < -0.3 is 24.6 Å². The standard InChI is InChI=1S/C27H33ClN6O3/c1-36-24-8-7-20(28)19-23(24)33-11-13-34(14-12-33)26-22-6-3-2-5-21(22)25(30-31-26)27(35)29-9-4-10-32-15-17-37-18-16-32/h2-3,5-8,19H,4,9-18H2,1H3,(H,29,35). The van der Waals surface area contributed by atoms with Gasteiger partial charge in [0.2, 0.25) is 0 Å². The molecule has 0 atom stereocenters. The molecule has 5 rings (SSSR count). The number of nitrogens with one attached hydrogen (secondary N) is 1. The number of fused-ring (bicyclic) bond motifs is 1. The molecule has 196 valence electrons. The van der Waals surface area contributed by atoms with Gasteiger partial charge in [0.05, 0.1) is 26.0 Å². The van der Waals surface area contributed by atoms with Crippen LogP contribution in [0.4, 0.5) is 11.5 Å². The second-order valence-corrected chi connectivity index (χ2v) is 9.71. The fourth-order valence-electron chi connectivity index (χ4n) is 4.97. The Morgan fingerprint density at radius 1 is 1.00 bits per heavy atom. The third-order valence-electron chi connectivity index (χ3n) is 6.98. The summed E-state index contributed by atoms with van der Waals surface area (Å²) in [7, 11) is 1.67. The maximum Gasteiger partial charge on any atom is 0.272 e. The van der Waals surface area contributed by atoms with Crippen molar-refractivity contribution in [3.8, 4) is 5.75 Å². The number of hydrogen-bond donors (Lipinski definition) is 1. The van der Waals surface area contributed by atoms with Crippen LogP contribution in [0.25, 0.3) is 10.8 Å². The molecule has 2 saturated heterocycles. The molecule has 3 aromatic rings. The van der Waals surface area contributed by atoms with Crippen molar-refractivity contribution in [2.75, 3.05) is 82.5 Å². The van der Waals surface area contributed by atoms with Crippen LogP contribution < -0.4 is 19.9 Å². The number of rotatable bonds is 8. The van der Waals surface area contributed by atoms with Crippen LogP contribution in [-0.4, -0.2) is 93.7 Å². The lowest BCUT2D eigenvalue weighted by Crippen LogP contribution is -2.47. The van der Waals surface area contributed by atoms with Crippen LogP contribution in [0.5, 0.6) is 5.75 Å². The number of nitrogens with zero attached hydrogens (tertiary/aromatic N) is 5. The summed E-state index contributed by atoms with van der Waals surface area (Å²) in [4.78, 5) is 19.9. The zero-order valence-corrected chi connectivity index (χ0v) is 21.9. The number of halogens is 1. The molecule has 9 nitrogen and oxygen atoms in total. The van der Waals surface area contributed by atoms with Crippen molar-refractivity contribution in [2.24, 2.45) is 0 Å². The van der Waals surface area contributed by atoms with E-state index in [1.807, 2.05) is 42.5 Å². The summed E-state index contributed by atoms with van der Waals surface area (Å²) in [6.45, 7) is 8.12. The number of carbonyl (C=O) groups is 1. The molecule has 2 fully saturated rings. The van der Waals surface area contributed by atoms with E-state index in [-0.39, 0.29) is 5.91 Å². The number of ether oxygens (including phenoxy) is 2. The Morgan fingerprint density at radius 2 is 1.73 bits per heavy atom. The molecule has 0 bridgehead atoms. The van der Waals surface area contributed by atoms with Gasteiger partial charge >= 0.3 is 0 Å². The molecule has 0 unspecified atom stereocenters. The first-order chi connectivity index (χ1) is 18.1. The van der Waals surface area contributed by atoms with Crippen LogP contribution in [0.2, 0.25) is 5.02 Å². The number of amides is 1. The van der Waals surface area contributed by atoms with Gasteiger partial charge in [-0.05, 0) is 31.2 Å². The number of morpholine rings is 1. The first-order valence-electron chi connectivity index (χ1n) is 12.8. The molecule has 0 aliphatic carbocycles. The first-order valence-corrected chi connectivity index (χ1v) is 13.2. The number of methoxy groups -OCH3 is 1. The fraction of sp³-hybridized carbons (Fsp3) is 0.444. The monoisotopic (exact) mass is 524 g/mol. The SMILES string of the molecule is COc1ccc(Cl)cc1N1CCN(c2nnc(C(=O)NCCCN3CCOCC3)c3ccccc23)CC1. The first kappa shape index (κ1) is 25.5. The molecule has 1 aromatic heterocycles. The third-order valence-corrected chi connectivity index (χ3v) is 7.22. The van der Waals surface area contributed by atoms with E-state index in [1.165, 1.54) is 0 Å². The van der Waals surface area contributed by atoms with Crippen LogP contribution >= 0.6 is 11.6 Å². The van der Waals surface area contributed by atoms with Gasteiger partial charge in [-0.3, -0.25) is 9.69 Å². The summed E-state index contributed by atoms with van der Waals surface area (Å²) < 4.78 is 10.9. The van der Waals surface area contributed by atoms with Crippen LogP contribution in [-0.2, 0) is 4.74 Å². The molecule has 0 radical (unpaired) electrons. The number of benzene rings is 2. The number of aromatic nitrogens is 2. The maximum atomic E-state index is 13.0. The van der Waals surface area contributed by atoms with Gasteiger partial charge in [0.15, 0.2) is 11.5 Å². The Hall–Kier alpha value is -3.14. The number of hydrogen-bond acceptors (Lipinski definition) is 8. The zero-order valence-electron chi connectivity index (χ0n) is 21.2. The zero-order chi connectivity index (χ0) is 25.6. The Kier molecular flexibility index (Phi) is 8.23. The van der Waals surface area contributed by atoms with E-state index in [9.17, 15) is 4.79 Å². The van der Waals surface area contributed by atoms with E-state index < -0.39 is 0 Å². The molecule has 0 saturated carbocycles. The molecule has 0 spiro atoms. The van der Waals surface area contributed by atoms with Gasteiger partial charge in [-0.1, -0.05) is 35.9 Å². The molecule has 37 heavy (non-hydrogen) atoms. The maximum absolute atomic E-state index is 13.0. The lowest BCUT2D eigenvalue weighted by molar-refractivity contribution is 0.0374. The number of anilines is 2. The summed E-state index contributed by atoms with van der Waals surface area (Å²) in [6, 6.07) is 13.6. The van der Waals surface area contributed by atoms with Crippen LogP contribution in [0.1, 0.15) is 16.9 Å². The summed E-state index contributed by atoms with van der Waals surface area (Å²) in [5.74, 6) is 1.43. The van der Waals surface area contributed by atoms with E-state index in [4.69, 9.17) is 21.1 Å². The topological polar surface area (TPSA) is 83.1 Å². The molecule has 1 amide bonds. The Labute approximate surface area is 222 Å². The van der Waals surface area contributed by atoms with E-state index in [1.54, 1.807) is 7.11 Å². The Balaban J connectivity index is 1.25. The highest BCUT2D eigenvalue weighted by atomic mass is 35.5. The Bertz CT molecular complexity index is 1230. The molecule has 3 heterocycles. The Morgan fingerprint density at radius 3 is 2.49 bits per heavy atom. The molecule has 2 aliphatic heterocycles. The van der Waals surface area contributed by atoms with Crippen LogP contribution in [0, 0.1) is 0 Å². The minimum absolute atomic E-state index is 0.185. The fourth-order valence-corrected chi connectivity index (χ4v) is 5.14. The molecule has 2 aromatic carbocycles. The minimum Gasteiger partial charge on any atom is -0.495 e. The van der Waals surface area contributed by atoms with E-state index in [0.717, 1.165) is 93.5 Å². The summed E-state index contributed by atoms with van der Waals surface area (Å²) in [6.07, 6.45) is 0.886. The second-order valence-electron chi connectivity index (χ2n) is 9.27. The van der Waals surface area contributed by atoms with Crippen molar-refractivity contribution in [3.05, 3.63) is 53.2 Å². The predicted octanol–water partition coefficient (Wildman–Crippen LogP) is 3.07. The molecule has 10 heteroatoms. The lowest BCUT2D eigenvalue weighted by Gasteiger charge is -2.37. The summed E-state index contributed by atoms with van der Waals surface area (Å²) in [5, 5.41) is 14.4. The van der Waals surface area contributed by atoms with Crippen molar-refractivity contribution in [3.63, 3.8) is 0 Å². The second kappa shape index (κ2) is 11.9. The van der Waals surface area contributed by atoms with Crippen molar-refractivity contribution in [1.82, 2.24) is 20.4 Å². The smallest absolute Gasteiger partial charge is 0.272 e. The van der Waals surface area contributed by atoms with Gasteiger partial charge in [-0.2, -0.15) is 0 Å². The van der Waals surface area contributed by atoms with Gasteiger partial charge in [0.25, 0.3) is 5.91 Å². The van der Waals surface area contributed by atoms with Crippen molar-refractivity contribution < 1.29 is 14.3 Å². The van der Waals surface area contributed by atoms with E-state index in [0.29, 0.717) is 17.3 Å². The summed E-state index contributed by atoms with van der Waals surface area (Å²) >= 11 is 6.25. The predicted molar refractivity (Wildman–Crippen MR) is 146 cm³/mol. The highest BCUT2D eigenvalue weighted by Gasteiger charge is 2.24. The van der Waals surface area contributed by atoms with Gasteiger partial charge in [-0.25, -0.2) is 0 Å². The third kappa shape index (κ3) is 5.89. The normalized spacial score (nSPS) is 16.7. The lowest BCUT2D eigenvalue weighted by atomic mass is 10.1. The van der Waals surface area contributed by atoms with Crippen LogP contribution in [0.15, 0.2) is 42.5 Å². The van der Waals surface area contributed by atoms with Gasteiger partial charge in [0.1, 0.15) is 5.75 Å². The minimum atomic E-state index is -0.185. The average molecular weight is 525 g/mol. The average Bonchev–Trinajstić information content (AvgIpc) is 2.95. The van der Waals surface area contributed by atoms with Crippen molar-refractivity contribution >= 4 is 39.8 Å². The van der Waals surface area contributed by atoms with E-state index in [2.05, 4.69) is 30.2 Å². The van der Waals surface area contributed by atoms with Crippen LogP contribution in [0.3, 0.4) is 0 Å². The molecule has 2 aliphatic rings. The summed E-state index contributed by atoms with van der Waals surface area (Å²) in [5.41, 5.74) is 1.36. The number of carbonyl (C=O) groups excluding carboxylic acids is 1. The van der Waals surface area contributed by atoms with E-state index >= 15 is 0 Å². The molecule has 1 N–H and O–H groups in total. The highest BCUT2D eigenvalue weighted by molar-refractivity contribution is 6.31. The van der Waals surface area contributed by atoms with Gasteiger partial charge in [0, 0.05) is 61.6 Å². The molecular formula is C27H33ClN6O3. The van der Waals surface area contributed by atoms with Crippen molar-refractivity contribution in [1.29, 1.82) is 0 Å². The number of piperazine rings is 1.